The first-order valence-electron chi connectivity index (χ1n) is 5.19. The summed E-state index contributed by atoms with van der Waals surface area (Å²) in [4.78, 5) is 4.20. The lowest BCUT2D eigenvalue weighted by Gasteiger charge is -2.04. The number of nitrogens with zero attached hydrogens (tertiary/aromatic N) is 1. The predicted molar refractivity (Wildman–Crippen MR) is 65.7 cm³/mol. The Hall–Kier alpha value is -1.29. The van der Waals surface area contributed by atoms with Crippen LogP contribution in [0, 0.1) is 11.6 Å². The Morgan fingerprint density at radius 2 is 1.76 bits per heavy atom. The Bertz CT molecular complexity index is 508. The van der Waals surface area contributed by atoms with Gasteiger partial charge in [0.05, 0.1) is 5.69 Å². The van der Waals surface area contributed by atoms with Crippen molar-refractivity contribution in [1.82, 2.24) is 4.98 Å². The fraction of sp³-hybridized carbons (Fsp3) is 0.154. The van der Waals surface area contributed by atoms with Gasteiger partial charge in [0.15, 0.2) is 0 Å². The highest BCUT2D eigenvalue weighted by atomic mass is 79.9. The molecule has 0 amide bonds. The third-order valence-electron chi connectivity index (χ3n) is 2.41. The topological polar surface area (TPSA) is 12.9 Å². The quantitative estimate of drug-likeness (QED) is 0.837. The minimum absolute atomic E-state index is 0.542. The second-order valence-corrected chi connectivity index (χ2v) is 4.56. The molecule has 2 aromatic rings. The molecule has 88 valence electrons. The van der Waals surface area contributed by atoms with E-state index in [2.05, 4.69) is 20.9 Å². The number of aromatic nitrogens is 1. The van der Waals surface area contributed by atoms with Gasteiger partial charge in [-0.25, -0.2) is 8.78 Å². The van der Waals surface area contributed by atoms with Gasteiger partial charge in [-0.3, -0.25) is 4.98 Å². The van der Waals surface area contributed by atoms with Gasteiger partial charge in [0.1, 0.15) is 11.6 Å². The van der Waals surface area contributed by atoms with Crippen LogP contribution >= 0.6 is 15.9 Å². The van der Waals surface area contributed by atoms with E-state index in [-0.39, 0.29) is 0 Å². The van der Waals surface area contributed by atoms with Crippen LogP contribution in [0.2, 0.25) is 0 Å². The second-order valence-electron chi connectivity index (χ2n) is 3.71. The summed E-state index contributed by atoms with van der Waals surface area (Å²) < 4.78 is 26.9. The zero-order chi connectivity index (χ0) is 12.3. The zero-order valence-electron chi connectivity index (χ0n) is 8.96. The van der Waals surface area contributed by atoms with Crippen molar-refractivity contribution in [2.75, 3.05) is 0 Å². The number of benzene rings is 1. The van der Waals surface area contributed by atoms with Gasteiger partial charge in [-0.15, -0.1) is 0 Å². The van der Waals surface area contributed by atoms with E-state index < -0.39 is 11.6 Å². The van der Waals surface area contributed by atoms with E-state index in [9.17, 15) is 8.78 Å². The lowest BCUT2D eigenvalue weighted by molar-refractivity contribution is 0.579. The summed E-state index contributed by atoms with van der Waals surface area (Å²) >= 11 is 3.39. The average Bonchev–Trinajstić information content (AvgIpc) is 2.27. The summed E-state index contributed by atoms with van der Waals surface area (Å²) in [7, 11) is 0. The van der Waals surface area contributed by atoms with Crippen LogP contribution in [-0.4, -0.2) is 4.98 Å². The minimum atomic E-state index is -0.542. The van der Waals surface area contributed by atoms with E-state index in [1.54, 1.807) is 6.20 Å². The van der Waals surface area contributed by atoms with Gasteiger partial charge >= 0.3 is 0 Å². The molecule has 0 unspecified atom stereocenters. The molecule has 0 aliphatic carbocycles. The molecule has 0 saturated heterocycles. The molecule has 0 spiro atoms. The van der Waals surface area contributed by atoms with Crippen molar-refractivity contribution in [2.45, 2.75) is 12.8 Å². The maximum atomic E-state index is 13.0. The molecule has 2 rings (SSSR count). The number of pyridine rings is 1. The number of halogens is 3. The molecule has 1 nitrogen and oxygen atoms in total. The standard InChI is InChI=1S/C13H10BrF2N/c14-12-2-1-5-17-13(12)4-3-9-6-10(15)8-11(16)7-9/h1-2,5-8H,3-4H2. The molecule has 1 aromatic carbocycles. The van der Waals surface area contributed by atoms with Gasteiger partial charge in [-0.05, 0) is 58.6 Å². The van der Waals surface area contributed by atoms with Crippen molar-refractivity contribution < 1.29 is 8.78 Å². The highest BCUT2D eigenvalue weighted by Crippen LogP contribution is 2.16. The van der Waals surface area contributed by atoms with E-state index in [0.29, 0.717) is 18.4 Å². The van der Waals surface area contributed by atoms with Crippen LogP contribution in [0.3, 0.4) is 0 Å². The monoisotopic (exact) mass is 297 g/mol. The highest BCUT2D eigenvalue weighted by molar-refractivity contribution is 9.10. The Morgan fingerprint density at radius 1 is 1.06 bits per heavy atom. The lowest BCUT2D eigenvalue weighted by Crippen LogP contribution is -1.96. The third kappa shape index (κ3) is 3.33. The van der Waals surface area contributed by atoms with E-state index in [4.69, 9.17) is 0 Å². The summed E-state index contributed by atoms with van der Waals surface area (Å²) in [5.41, 5.74) is 1.53. The molecular weight excluding hydrogens is 288 g/mol. The van der Waals surface area contributed by atoms with Gasteiger partial charge in [-0.1, -0.05) is 0 Å². The number of hydrogen-bond acceptors (Lipinski definition) is 1. The normalized spacial score (nSPS) is 10.5. The molecule has 0 aliphatic heterocycles. The highest BCUT2D eigenvalue weighted by Gasteiger charge is 2.04. The van der Waals surface area contributed by atoms with E-state index >= 15 is 0 Å². The van der Waals surface area contributed by atoms with Crippen LogP contribution in [0.5, 0.6) is 0 Å². The van der Waals surface area contributed by atoms with E-state index in [1.165, 1.54) is 12.1 Å². The first-order valence-corrected chi connectivity index (χ1v) is 5.99. The summed E-state index contributed by atoms with van der Waals surface area (Å²) in [5.74, 6) is -1.08. The number of rotatable bonds is 3. The minimum Gasteiger partial charge on any atom is -0.260 e. The summed E-state index contributed by atoms with van der Waals surface area (Å²) in [6.45, 7) is 0. The molecule has 17 heavy (non-hydrogen) atoms. The molecule has 0 bridgehead atoms. The number of hydrogen-bond donors (Lipinski definition) is 0. The van der Waals surface area contributed by atoms with Crippen LogP contribution < -0.4 is 0 Å². The van der Waals surface area contributed by atoms with Gasteiger partial charge < -0.3 is 0 Å². The summed E-state index contributed by atoms with van der Waals surface area (Å²) in [6.07, 6.45) is 2.90. The maximum Gasteiger partial charge on any atom is 0.126 e. The molecule has 1 heterocycles. The van der Waals surface area contributed by atoms with Crippen LogP contribution in [-0.2, 0) is 12.8 Å². The Balaban J connectivity index is 2.10. The average molecular weight is 298 g/mol. The molecule has 4 heteroatoms. The van der Waals surface area contributed by atoms with Gasteiger partial charge in [0.2, 0.25) is 0 Å². The van der Waals surface area contributed by atoms with Crippen molar-refractivity contribution in [3.8, 4) is 0 Å². The van der Waals surface area contributed by atoms with E-state index in [1.807, 2.05) is 12.1 Å². The molecule has 1 aromatic heterocycles. The zero-order valence-corrected chi connectivity index (χ0v) is 10.5. The molecule has 0 N–H and O–H groups in total. The van der Waals surface area contributed by atoms with Gasteiger partial charge in [0, 0.05) is 16.7 Å². The largest absolute Gasteiger partial charge is 0.260 e. The van der Waals surface area contributed by atoms with Gasteiger partial charge in [0.25, 0.3) is 0 Å². The Kier molecular flexibility index (Phi) is 3.84. The van der Waals surface area contributed by atoms with Crippen molar-refractivity contribution in [1.29, 1.82) is 0 Å². The molecule has 0 fully saturated rings. The first-order chi connectivity index (χ1) is 8.15. The third-order valence-corrected chi connectivity index (χ3v) is 3.13. The molecule has 0 radical (unpaired) electrons. The fourth-order valence-electron chi connectivity index (χ4n) is 1.62. The van der Waals surface area contributed by atoms with Crippen molar-refractivity contribution >= 4 is 15.9 Å². The van der Waals surface area contributed by atoms with Crippen molar-refractivity contribution in [3.63, 3.8) is 0 Å². The predicted octanol–water partition coefficient (Wildman–Crippen LogP) is 3.91. The SMILES string of the molecule is Fc1cc(F)cc(CCc2ncccc2Br)c1. The van der Waals surface area contributed by atoms with Crippen LogP contribution in [0.15, 0.2) is 41.0 Å². The summed E-state index contributed by atoms with van der Waals surface area (Å²) in [5, 5.41) is 0. The number of aryl methyl sites for hydroxylation is 2. The van der Waals surface area contributed by atoms with Crippen LogP contribution in [0.1, 0.15) is 11.3 Å². The Labute approximate surface area is 107 Å². The van der Waals surface area contributed by atoms with Gasteiger partial charge in [-0.2, -0.15) is 0 Å². The van der Waals surface area contributed by atoms with Crippen molar-refractivity contribution in [3.05, 3.63) is 63.9 Å². The molecule has 0 aliphatic rings. The van der Waals surface area contributed by atoms with Crippen LogP contribution in [0.25, 0.3) is 0 Å². The first kappa shape index (κ1) is 12.2. The van der Waals surface area contributed by atoms with Crippen molar-refractivity contribution in [2.24, 2.45) is 0 Å². The molecule has 0 saturated carbocycles. The molecular formula is C13H10BrF2N. The maximum absolute atomic E-state index is 13.0. The van der Waals surface area contributed by atoms with E-state index in [0.717, 1.165) is 16.2 Å². The smallest absolute Gasteiger partial charge is 0.126 e. The Morgan fingerprint density at radius 3 is 2.41 bits per heavy atom. The second kappa shape index (κ2) is 5.36. The fourth-order valence-corrected chi connectivity index (χ4v) is 2.07. The summed E-state index contributed by atoms with van der Waals surface area (Å²) in [6, 6.07) is 7.30. The van der Waals surface area contributed by atoms with Crippen LogP contribution in [0.4, 0.5) is 8.78 Å². The molecule has 0 atom stereocenters. The lowest BCUT2D eigenvalue weighted by atomic mass is 10.1.